The molecule has 94 valence electrons. The third kappa shape index (κ3) is 3.19. The van der Waals surface area contributed by atoms with Crippen LogP contribution in [-0.4, -0.2) is 0 Å². The summed E-state index contributed by atoms with van der Waals surface area (Å²) in [7, 11) is 0. The first-order chi connectivity index (χ1) is 8.93. The summed E-state index contributed by atoms with van der Waals surface area (Å²) < 4.78 is 0. The van der Waals surface area contributed by atoms with Gasteiger partial charge in [-0.2, -0.15) is 35.0 Å². The average Bonchev–Trinajstić information content (AvgIpc) is 3.08. The summed E-state index contributed by atoms with van der Waals surface area (Å²) in [4.78, 5) is 0. The van der Waals surface area contributed by atoms with Crippen LogP contribution >= 0.6 is 0 Å². The first-order valence-corrected chi connectivity index (χ1v) is 6.14. The molecular formula is C18H14Ru. The molecule has 0 atom stereocenters. The van der Waals surface area contributed by atoms with Crippen LogP contribution in [-0.2, 0) is 19.5 Å². The maximum absolute atomic E-state index is 2.12. The van der Waals surface area contributed by atoms with E-state index in [0.717, 1.165) is 0 Å². The number of hydrogen-bond donors (Lipinski definition) is 0. The van der Waals surface area contributed by atoms with Gasteiger partial charge in [-0.1, -0.05) is 12.1 Å². The van der Waals surface area contributed by atoms with Gasteiger partial charge in [0.15, 0.2) is 0 Å². The zero-order chi connectivity index (χ0) is 12.2. The van der Waals surface area contributed by atoms with Crippen molar-refractivity contribution in [1.29, 1.82) is 0 Å². The molecule has 0 radical (unpaired) electrons. The predicted molar refractivity (Wildman–Crippen MR) is 79.1 cm³/mol. The molecule has 0 aliphatic rings. The van der Waals surface area contributed by atoms with Gasteiger partial charge in [-0.3, -0.25) is 0 Å². The molecule has 0 heterocycles. The Labute approximate surface area is 126 Å². The molecule has 0 unspecified atom stereocenters. The third-order valence-corrected chi connectivity index (χ3v) is 3.10. The standard InChI is InChI=1S/2C9H7.Ru/c2*1-2-5-9-7-3-6-8(9)4-1;/h2*1-7H;/q2*-1;+2. The minimum Gasteiger partial charge on any atom is -0.168 e. The molecule has 0 amide bonds. The van der Waals surface area contributed by atoms with Crippen molar-refractivity contribution in [2.75, 3.05) is 0 Å². The van der Waals surface area contributed by atoms with Gasteiger partial charge in [0, 0.05) is 0 Å². The van der Waals surface area contributed by atoms with Gasteiger partial charge in [-0.15, -0.1) is 59.3 Å². The van der Waals surface area contributed by atoms with Gasteiger partial charge in [0.25, 0.3) is 0 Å². The van der Waals surface area contributed by atoms with Gasteiger partial charge in [-0.25, -0.2) is 0 Å². The van der Waals surface area contributed by atoms with Crippen molar-refractivity contribution >= 4 is 21.5 Å². The summed E-state index contributed by atoms with van der Waals surface area (Å²) in [5.74, 6) is 0. The molecular weight excluding hydrogens is 317 g/mol. The molecule has 4 rings (SSSR count). The summed E-state index contributed by atoms with van der Waals surface area (Å²) in [6, 6.07) is 29.3. The molecule has 19 heavy (non-hydrogen) atoms. The molecule has 0 nitrogen and oxygen atoms in total. The van der Waals surface area contributed by atoms with E-state index in [9.17, 15) is 0 Å². The normalized spacial score (nSPS) is 9.68. The van der Waals surface area contributed by atoms with Crippen molar-refractivity contribution in [1.82, 2.24) is 0 Å². The van der Waals surface area contributed by atoms with Crippen molar-refractivity contribution < 1.29 is 19.5 Å². The Morgan fingerprint density at radius 3 is 1.37 bits per heavy atom. The third-order valence-electron chi connectivity index (χ3n) is 3.10. The number of benzene rings is 2. The summed E-state index contributed by atoms with van der Waals surface area (Å²) in [5.41, 5.74) is 0. The van der Waals surface area contributed by atoms with E-state index >= 15 is 0 Å². The predicted octanol–water partition coefficient (Wildman–Crippen LogP) is 5.11. The van der Waals surface area contributed by atoms with E-state index in [2.05, 4.69) is 84.9 Å². The molecule has 0 N–H and O–H groups in total. The van der Waals surface area contributed by atoms with Gasteiger partial charge in [0.05, 0.1) is 0 Å². The van der Waals surface area contributed by atoms with Crippen LogP contribution in [0.4, 0.5) is 0 Å². The summed E-state index contributed by atoms with van der Waals surface area (Å²) in [6.07, 6.45) is 0. The van der Waals surface area contributed by atoms with Crippen molar-refractivity contribution in [2.24, 2.45) is 0 Å². The molecule has 1 heteroatoms. The van der Waals surface area contributed by atoms with Crippen LogP contribution in [0.2, 0.25) is 0 Å². The monoisotopic (exact) mass is 332 g/mol. The SMILES string of the molecule is [Ru+2].c1ccc2[cH-]ccc2c1.c1ccc2[cH-]ccc2c1. The van der Waals surface area contributed by atoms with Crippen molar-refractivity contribution in [3.05, 3.63) is 84.9 Å². The summed E-state index contributed by atoms with van der Waals surface area (Å²) in [5, 5.41) is 5.32. The van der Waals surface area contributed by atoms with Crippen LogP contribution in [0, 0.1) is 0 Å². The smallest absolute Gasteiger partial charge is 0.168 e. The number of rotatable bonds is 0. The van der Waals surface area contributed by atoms with E-state index in [0.29, 0.717) is 0 Å². The Morgan fingerprint density at radius 2 is 0.947 bits per heavy atom. The molecule has 0 saturated carbocycles. The van der Waals surface area contributed by atoms with Crippen LogP contribution < -0.4 is 0 Å². The zero-order valence-corrected chi connectivity index (χ0v) is 12.2. The fourth-order valence-electron chi connectivity index (χ4n) is 2.14. The van der Waals surface area contributed by atoms with E-state index in [1.165, 1.54) is 21.5 Å². The molecule has 0 aromatic heterocycles. The van der Waals surface area contributed by atoms with E-state index in [4.69, 9.17) is 0 Å². The minimum atomic E-state index is 0. The Bertz CT molecular complexity index is 620. The fraction of sp³-hybridized carbons (Fsp3) is 0. The van der Waals surface area contributed by atoms with Crippen molar-refractivity contribution in [3.63, 3.8) is 0 Å². The van der Waals surface area contributed by atoms with E-state index < -0.39 is 0 Å². The van der Waals surface area contributed by atoms with Gasteiger partial charge >= 0.3 is 19.5 Å². The molecule has 0 aliphatic carbocycles. The molecule has 0 bridgehead atoms. The first kappa shape index (κ1) is 13.7. The average molecular weight is 331 g/mol. The van der Waals surface area contributed by atoms with Crippen LogP contribution in [0.3, 0.4) is 0 Å². The Morgan fingerprint density at radius 1 is 0.526 bits per heavy atom. The van der Waals surface area contributed by atoms with Crippen molar-refractivity contribution in [3.8, 4) is 0 Å². The molecule has 0 fully saturated rings. The van der Waals surface area contributed by atoms with Crippen LogP contribution in [0.1, 0.15) is 0 Å². The molecule has 0 aliphatic heterocycles. The maximum atomic E-state index is 2.12. The van der Waals surface area contributed by atoms with E-state index in [1.807, 2.05) is 0 Å². The van der Waals surface area contributed by atoms with Crippen LogP contribution in [0.15, 0.2) is 84.9 Å². The molecule has 4 aromatic carbocycles. The molecule has 0 spiro atoms. The largest absolute Gasteiger partial charge is 2.00 e. The molecule has 0 saturated heterocycles. The van der Waals surface area contributed by atoms with Gasteiger partial charge in [0.1, 0.15) is 0 Å². The van der Waals surface area contributed by atoms with E-state index in [-0.39, 0.29) is 19.5 Å². The first-order valence-electron chi connectivity index (χ1n) is 6.14. The number of hydrogen-bond acceptors (Lipinski definition) is 0. The van der Waals surface area contributed by atoms with Gasteiger partial charge in [0.2, 0.25) is 0 Å². The zero-order valence-electron chi connectivity index (χ0n) is 10.4. The topological polar surface area (TPSA) is 0 Å². The van der Waals surface area contributed by atoms with Crippen LogP contribution in [0.5, 0.6) is 0 Å². The Hall–Kier alpha value is -1.72. The second kappa shape index (κ2) is 6.45. The number of fused-ring (bicyclic) bond motifs is 2. The van der Waals surface area contributed by atoms with Crippen LogP contribution in [0.25, 0.3) is 21.5 Å². The van der Waals surface area contributed by atoms with Crippen molar-refractivity contribution in [2.45, 2.75) is 0 Å². The maximum Gasteiger partial charge on any atom is 2.00 e. The van der Waals surface area contributed by atoms with Gasteiger partial charge in [-0.05, 0) is 0 Å². The molecule has 4 aromatic rings. The summed E-state index contributed by atoms with van der Waals surface area (Å²) >= 11 is 0. The summed E-state index contributed by atoms with van der Waals surface area (Å²) in [6.45, 7) is 0. The second-order valence-electron chi connectivity index (χ2n) is 4.31. The quantitative estimate of drug-likeness (QED) is 0.310. The fourth-order valence-corrected chi connectivity index (χ4v) is 2.14. The Kier molecular flexibility index (Phi) is 4.65. The van der Waals surface area contributed by atoms with Gasteiger partial charge < -0.3 is 0 Å². The minimum absolute atomic E-state index is 0. The Balaban J connectivity index is 0.000000133. The van der Waals surface area contributed by atoms with E-state index in [1.54, 1.807) is 0 Å². The second-order valence-corrected chi connectivity index (χ2v) is 4.31.